The Labute approximate surface area is 190 Å². The Bertz CT molecular complexity index is 799. The normalized spacial score (nSPS) is 11.9. The molecule has 0 saturated heterocycles. The van der Waals surface area contributed by atoms with Crippen molar-refractivity contribution in [1.29, 1.82) is 5.26 Å². The number of benzene rings is 2. The van der Waals surface area contributed by atoms with Gasteiger partial charge >= 0.3 is 0 Å². The number of halogens is 1. The number of aliphatic hydroxyl groups excluding tert-OH is 1. The summed E-state index contributed by atoms with van der Waals surface area (Å²) in [4.78, 5) is 4.53. The zero-order valence-corrected chi connectivity index (χ0v) is 19.4. The van der Waals surface area contributed by atoms with Crippen LogP contribution in [0.3, 0.4) is 0 Å². The molecule has 0 aromatic heterocycles. The molecule has 29 heavy (non-hydrogen) atoms. The maximum absolute atomic E-state index is 10.4. The second kappa shape index (κ2) is 13.0. The maximum atomic E-state index is 10.4. The van der Waals surface area contributed by atoms with Crippen LogP contribution in [0.15, 0.2) is 53.5 Å². The molecule has 0 radical (unpaired) electrons. The number of ether oxygens (including phenoxy) is 1. The lowest BCUT2D eigenvalue weighted by atomic mass is 10.1. The Balaban J connectivity index is 0.00000420. The van der Waals surface area contributed by atoms with Crippen LogP contribution in [0, 0.1) is 11.3 Å². The molecule has 0 aliphatic heterocycles. The van der Waals surface area contributed by atoms with E-state index in [0.29, 0.717) is 24.6 Å². The van der Waals surface area contributed by atoms with Crippen molar-refractivity contribution in [2.45, 2.75) is 39.5 Å². The maximum Gasteiger partial charge on any atom is 0.191 e. The number of rotatable bonds is 8. The number of nitrogens with zero attached hydrogens (tertiary/aromatic N) is 2. The van der Waals surface area contributed by atoms with Crippen LogP contribution < -0.4 is 15.4 Å². The van der Waals surface area contributed by atoms with Crippen LogP contribution in [-0.2, 0) is 6.54 Å². The van der Waals surface area contributed by atoms with Gasteiger partial charge in [-0.25, -0.2) is 4.99 Å². The van der Waals surface area contributed by atoms with Crippen molar-refractivity contribution in [1.82, 2.24) is 10.6 Å². The number of hydrogen-bond acceptors (Lipinski definition) is 4. The van der Waals surface area contributed by atoms with Crippen molar-refractivity contribution >= 4 is 29.9 Å². The van der Waals surface area contributed by atoms with Crippen molar-refractivity contribution in [2.24, 2.45) is 4.99 Å². The van der Waals surface area contributed by atoms with Gasteiger partial charge in [0.25, 0.3) is 0 Å². The second-order valence-corrected chi connectivity index (χ2v) is 6.64. The van der Waals surface area contributed by atoms with Gasteiger partial charge in [-0.2, -0.15) is 5.26 Å². The van der Waals surface area contributed by atoms with Crippen molar-refractivity contribution in [2.75, 3.05) is 13.1 Å². The fourth-order valence-corrected chi connectivity index (χ4v) is 2.55. The second-order valence-electron chi connectivity index (χ2n) is 6.64. The number of aliphatic hydroxyl groups is 1. The van der Waals surface area contributed by atoms with Gasteiger partial charge in [-0.3, -0.25) is 0 Å². The van der Waals surface area contributed by atoms with Crippen LogP contribution in [0.2, 0.25) is 0 Å². The number of nitriles is 1. The molecule has 0 heterocycles. The summed E-state index contributed by atoms with van der Waals surface area (Å²) in [5.41, 5.74) is 2.45. The molecule has 2 aromatic rings. The first-order valence-electron chi connectivity index (χ1n) is 9.47. The van der Waals surface area contributed by atoms with Gasteiger partial charge in [0.2, 0.25) is 0 Å². The average molecular weight is 508 g/mol. The van der Waals surface area contributed by atoms with Gasteiger partial charge < -0.3 is 20.5 Å². The molecule has 2 aromatic carbocycles. The van der Waals surface area contributed by atoms with Gasteiger partial charge in [-0.05, 0) is 56.2 Å². The molecular formula is C22H29IN4O2. The highest BCUT2D eigenvalue weighted by Crippen LogP contribution is 2.18. The molecule has 7 heteroatoms. The lowest BCUT2D eigenvalue weighted by molar-refractivity contribution is 0.180. The molecule has 0 bridgehead atoms. The van der Waals surface area contributed by atoms with E-state index in [1.54, 1.807) is 12.1 Å². The molecule has 0 aliphatic rings. The topological polar surface area (TPSA) is 89.7 Å². The lowest BCUT2D eigenvalue weighted by Crippen LogP contribution is -2.39. The van der Waals surface area contributed by atoms with Gasteiger partial charge in [0.15, 0.2) is 5.96 Å². The predicted octanol–water partition coefficient (Wildman–Crippen LogP) is 3.75. The van der Waals surface area contributed by atoms with E-state index in [0.717, 1.165) is 23.4 Å². The summed E-state index contributed by atoms with van der Waals surface area (Å²) < 4.78 is 5.62. The first-order valence-corrected chi connectivity index (χ1v) is 9.47. The van der Waals surface area contributed by atoms with E-state index in [-0.39, 0.29) is 30.1 Å². The van der Waals surface area contributed by atoms with Gasteiger partial charge in [0.1, 0.15) is 5.75 Å². The van der Waals surface area contributed by atoms with Crippen LogP contribution in [0.25, 0.3) is 0 Å². The molecule has 6 nitrogen and oxygen atoms in total. The molecule has 0 amide bonds. The quantitative estimate of drug-likeness (QED) is 0.287. The predicted molar refractivity (Wildman–Crippen MR) is 127 cm³/mol. The molecule has 1 atom stereocenters. The number of aliphatic imine (C=N–C) groups is 1. The third kappa shape index (κ3) is 8.71. The minimum absolute atomic E-state index is 0. The molecule has 0 aliphatic carbocycles. The zero-order valence-electron chi connectivity index (χ0n) is 17.1. The van der Waals surface area contributed by atoms with Gasteiger partial charge in [0, 0.05) is 13.1 Å². The summed E-state index contributed by atoms with van der Waals surface area (Å²) in [6.07, 6.45) is -0.542. The van der Waals surface area contributed by atoms with Crippen molar-refractivity contribution < 1.29 is 9.84 Å². The summed E-state index contributed by atoms with van der Waals surface area (Å²) in [7, 11) is 0. The average Bonchev–Trinajstić information content (AvgIpc) is 2.70. The minimum atomic E-state index is -0.660. The Morgan fingerprint density at radius 2 is 1.76 bits per heavy atom. The molecule has 156 valence electrons. The van der Waals surface area contributed by atoms with E-state index in [9.17, 15) is 5.11 Å². The van der Waals surface area contributed by atoms with E-state index < -0.39 is 6.10 Å². The van der Waals surface area contributed by atoms with E-state index in [1.165, 1.54) is 0 Å². The highest BCUT2D eigenvalue weighted by molar-refractivity contribution is 14.0. The third-order valence-corrected chi connectivity index (χ3v) is 3.95. The van der Waals surface area contributed by atoms with E-state index in [4.69, 9.17) is 10.00 Å². The molecule has 2 rings (SSSR count). The van der Waals surface area contributed by atoms with Gasteiger partial charge in [-0.15, -0.1) is 24.0 Å². The number of hydrogen-bond donors (Lipinski definition) is 3. The fraction of sp³-hybridized carbons (Fsp3) is 0.364. The van der Waals surface area contributed by atoms with Gasteiger partial charge in [0.05, 0.1) is 30.4 Å². The van der Waals surface area contributed by atoms with E-state index in [1.807, 2.05) is 57.2 Å². The molecule has 3 N–H and O–H groups in total. The molecule has 0 saturated carbocycles. The summed E-state index contributed by atoms with van der Waals surface area (Å²) >= 11 is 0. The van der Waals surface area contributed by atoms with E-state index >= 15 is 0 Å². The van der Waals surface area contributed by atoms with Crippen LogP contribution >= 0.6 is 24.0 Å². The molecule has 0 spiro atoms. The number of guanidine groups is 1. The standard InChI is InChI=1S/C22H28N4O2.HI/c1-4-24-22(25-14-18-7-5-17(13-23)6-8-18)26-15-21(27)19-9-11-20(12-10-19)28-16(2)3;/h5-12,16,21,27H,4,14-15H2,1-3H3,(H2,24,25,26);1H. The zero-order chi connectivity index (χ0) is 20.4. The van der Waals surface area contributed by atoms with Crippen molar-refractivity contribution in [3.63, 3.8) is 0 Å². The summed E-state index contributed by atoms with van der Waals surface area (Å²) in [5, 5.41) is 25.6. The Morgan fingerprint density at radius 1 is 1.10 bits per heavy atom. The minimum Gasteiger partial charge on any atom is -0.491 e. The SMILES string of the molecule is CCNC(=NCc1ccc(C#N)cc1)NCC(O)c1ccc(OC(C)C)cc1.I. The van der Waals surface area contributed by atoms with Crippen LogP contribution in [0.4, 0.5) is 0 Å². The smallest absolute Gasteiger partial charge is 0.191 e. The van der Waals surface area contributed by atoms with Crippen molar-refractivity contribution in [3.05, 3.63) is 65.2 Å². The first kappa shape index (κ1) is 24.7. The van der Waals surface area contributed by atoms with Crippen molar-refractivity contribution in [3.8, 4) is 11.8 Å². The molecular weight excluding hydrogens is 479 g/mol. The highest BCUT2D eigenvalue weighted by Gasteiger charge is 2.09. The summed E-state index contributed by atoms with van der Waals surface area (Å²) in [5.74, 6) is 1.42. The molecule has 1 unspecified atom stereocenters. The van der Waals surface area contributed by atoms with Crippen LogP contribution in [0.5, 0.6) is 5.75 Å². The Kier molecular flexibility index (Phi) is 11.1. The molecule has 0 fully saturated rings. The van der Waals surface area contributed by atoms with E-state index in [2.05, 4.69) is 21.7 Å². The van der Waals surface area contributed by atoms with Crippen LogP contribution in [-0.4, -0.2) is 30.3 Å². The highest BCUT2D eigenvalue weighted by atomic mass is 127. The lowest BCUT2D eigenvalue weighted by Gasteiger charge is -2.16. The monoisotopic (exact) mass is 508 g/mol. The summed E-state index contributed by atoms with van der Waals surface area (Å²) in [6, 6.07) is 16.9. The fourth-order valence-electron chi connectivity index (χ4n) is 2.55. The Morgan fingerprint density at radius 3 is 2.31 bits per heavy atom. The number of nitrogens with one attached hydrogen (secondary N) is 2. The largest absolute Gasteiger partial charge is 0.491 e. The van der Waals surface area contributed by atoms with Gasteiger partial charge in [-0.1, -0.05) is 24.3 Å². The first-order chi connectivity index (χ1) is 13.5. The summed E-state index contributed by atoms with van der Waals surface area (Å²) in [6.45, 7) is 7.49. The third-order valence-electron chi connectivity index (χ3n) is 3.95. The Hall–Kier alpha value is -2.31. The van der Waals surface area contributed by atoms with Crippen LogP contribution in [0.1, 0.15) is 43.6 Å².